The zero-order valence-electron chi connectivity index (χ0n) is 21.2. The standard InChI is InChI=1S/C28H35NO7/c1-4-7-10-19-33-22-15-13-21(14-16-22)27(31)29-23-11-8-9-12-24(23)36-25(28(32)35-18-6-3)20-26(30)34-17-5-2/h8-9,11-16,20H,4-7,10,17-19H2,1-3H3,(H,29,31)/b25-20-. The van der Waals surface area contributed by atoms with Crippen LogP contribution >= 0.6 is 0 Å². The van der Waals surface area contributed by atoms with Crippen molar-refractivity contribution in [3.05, 3.63) is 65.9 Å². The summed E-state index contributed by atoms with van der Waals surface area (Å²) in [7, 11) is 0. The minimum Gasteiger partial charge on any atom is -0.494 e. The minimum atomic E-state index is -0.805. The largest absolute Gasteiger partial charge is 0.494 e. The van der Waals surface area contributed by atoms with Crippen molar-refractivity contribution in [3.8, 4) is 11.5 Å². The molecule has 8 nitrogen and oxygen atoms in total. The van der Waals surface area contributed by atoms with Crippen LogP contribution < -0.4 is 14.8 Å². The van der Waals surface area contributed by atoms with Gasteiger partial charge in [0, 0.05) is 5.56 Å². The van der Waals surface area contributed by atoms with Gasteiger partial charge in [-0.15, -0.1) is 0 Å². The molecule has 0 radical (unpaired) electrons. The second-order valence-electron chi connectivity index (χ2n) is 7.94. The fourth-order valence-electron chi connectivity index (χ4n) is 2.96. The molecule has 194 valence electrons. The molecule has 0 unspecified atom stereocenters. The van der Waals surface area contributed by atoms with E-state index in [4.69, 9.17) is 18.9 Å². The number of carbonyl (C=O) groups is 3. The van der Waals surface area contributed by atoms with Gasteiger partial charge in [0.25, 0.3) is 5.91 Å². The molecule has 0 aliphatic rings. The number of ether oxygens (including phenoxy) is 4. The zero-order chi connectivity index (χ0) is 26.2. The predicted octanol–water partition coefficient (Wildman–Crippen LogP) is 5.68. The van der Waals surface area contributed by atoms with E-state index in [2.05, 4.69) is 12.2 Å². The second-order valence-corrected chi connectivity index (χ2v) is 7.94. The van der Waals surface area contributed by atoms with E-state index in [1.54, 1.807) is 48.5 Å². The molecule has 36 heavy (non-hydrogen) atoms. The Balaban J connectivity index is 2.14. The number of para-hydroxylation sites is 2. The first kappa shape index (κ1) is 28.4. The molecular formula is C28H35NO7. The van der Waals surface area contributed by atoms with Crippen LogP contribution in [0.2, 0.25) is 0 Å². The summed E-state index contributed by atoms with van der Waals surface area (Å²) in [6.07, 6.45) is 5.40. The van der Waals surface area contributed by atoms with E-state index >= 15 is 0 Å². The third kappa shape index (κ3) is 9.82. The van der Waals surface area contributed by atoms with Crippen LogP contribution in [0.5, 0.6) is 11.5 Å². The molecule has 0 aliphatic heterocycles. The number of hydrogen-bond acceptors (Lipinski definition) is 7. The van der Waals surface area contributed by atoms with Gasteiger partial charge in [-0.05, 0) is 55.7 Å². The Labute approximate surface area is 212 Å². The highest BCUT2D eigenvalue weighted by molar-refractivity contribution is 6.05. The van der Waals surface area contributed by atoms with Crippen LogP contribution in [0.3, 0.4) is 0 Å². The third-order valence-electron chi connectivity index (χ3n) is 4.82. The molecule has 2 aromatic carbocycles. The first-order valence-electron chi connectivity index (χ1n) is 12.3. The van der Waals surface area contributed by atoms with Gasteiger partial charge in [0.05, 0.1) is 31.6 Å². The van der Waals surface area contributed by atoms with Crippen molar-refractivity contribution in [1.29, 1.82) is 0 Å². The van der Waals surface area contributed by atoms with Gasteiger partial charge in [-0.2, -0.15) is 0 Å². The van der Waals surface area contributed by atoms with Crippen molar-refractivity contribution in [2.24, 2.45) is 0 Å². The normalized spacial score (nSPS) is 10.9. The van der Waals surface area contributed by atoms with Gasteiger partial charge in [-0.25, -0.2) is 9.59 Å². The summed E-state index contributed by atoms with van der Waals surface area (Å²) in [5, 5.41) is 2.78. The first-order valence-corrected chi connectivity index (χ1v) is 12.3. The highest BCUT2D eigenvalue weighted by atomic mass is 16.6. The van der Waals surface area contributed by atoms with Gasteiger partial charge >= 0.3 is 11.9 Å². The summed E-state index contributed by atoms with van der Waals surface area (Å²) in [5.74, 6) is -1.37. The van der Waals surface area contributed by atoms with Crippen molar-refractivity contribution < 1.29 is 33.3 Å². The van der Waals surface area contributed by atoms with Crippen LogP contribution in [0, 0.1) is 0 Å². The Morgan fingerprint density at radius 3 is 2.19 bits per heavy atom. The molecule has 2 aromatic rings. The Kier molecular flexibility index (Phi) is 12.6. The highest BCUT2D eigenvalue weighted by Crippen LogP contribution is 2.27. The molecular weight excluding hydrogens is 462 g/mol. The molecule has 1 amide bonds. The molecule has 0 aliphatic carbocycles. The molecule has 0 saturated carbocycles. The van der Waals surface area contributed by atoms with Crippen molar-refractivity contribution in [2.75, 3.05) is 25.1 Å². The molecule has 1 N–H and O–H groups in total. The fraction of sp³-hybridized carbons (Fsp3) is 0.393. The molecule has 0 aromatic heterocycles. The Morgan fingerprint density at radius 2 is 1.50 bits per heavy atom. The average Bonchev–Trinajstić information content (AvgIpc) is 2.89. The van der Waals surface area contributed by atoms with E-state index in [9.17, 15) is 14.4 Å². The van der Waals surface area contributed by atoms with Crippen LogP contribution in [0.4, 0.5) is 5.69 Å². The summed E-state index contributed by atoms with van der Waals surface area (Å²) in [4.78, 5) is 37.4. The molecule has 2 rings (SSSR count). The van der Waals surface area contributed by atoms with E-state index in [-0.39, 0.29) is 30.6 Å². The smallest absolute Gasteiger partial charge is 0.374 e. The van der Waals surface area contributed by atoms with Crippen molar-refractivity contribution in [1.82, 2.24) is 0 Å². The van der Waals surface area contributed by atoms with Crippen LogP contribution in [0.15, 0.2) is 60.4 Å². The Hall–Kier alpha value is -3.81. The minimum absolute atomic E-state index is 0.167. The predicted molar refractivity (Wildman–Crippen MR) is 137 cm³/mol. The maximum atomic E-state index is 12.8. The van der Waals surface area contributed by atoms with Gasteiger partial charge < -0.3 is 24.3 Å². The Bertz CT molecular complexity index is 1010. The maximum absolute atomic E-state index is 12.8. The van der Waals surface area contributed by atoms with E-state index in [1.807, 2.05) is 13.8 Å². The maximum Gasteiger partial charge on any atom is 0.374 e. The number of rotatable bonds is 15. The van der Waals surface area contributed by atoms with Crippen LogP contribution in [-0.2, 0) is 19.1 Å². The number of amides is 1. The lowest BCUT2D eigenvalue weighted by Gasteiger charge is -2.14. The molecule has 0 bridgehead atoms. The molecule has 0 atom stereocenters. The van der Waals surface area contributed by atoms with Crippen molar-refractivity contribution in [2.45, 2.75) is 52.9 Å². The van der Waals surface area contributed by atoms with Crippen LogP contribution in [0.1, 0.15) is 63.2 Å². The van der Waals surface area contributed by atoms with Gasteiger partial charge in [-0.3, -0.25) is 4.79 Å². The van der Waals surface area contributed by atoms with Gasteiger partial charge in [0.1, 0.15) is 5.75 Å². The Morgan fingerprint density at radius 1 is 0.806 bits per heavy atom. The topological polar surface area (TPSA) is 100 Å². The van der Waals surface area contributed by atoms with E-state index in [0.29, 0.717) is 36.4 Å². The number of benzene rings is 2. The number of nitrogens with one attached hydrogen (secondary N) is 1. The summed E-state index contributed by atoms with van der Waals surface area (Å²) in [5.41, 5.74) is 0.741. The van der Waals surface area contributed by atoms with E-state index in [0.717, 1.165) is 25.3 Å². The molecule has 0 spiro atoms. The number of unbranched alkanes of at least 4 members (excludes halogenated alkanes) is 2. The monoisotopic (exact) mass is 497 g/mol. The lowest BCUT2D eigenvalue weighted by molar-refractivity contribution is -0.143. The molecule has 0 fully saturated rings. The van der Waals surface area contributed by atoms with E-state index in [1.165, 1.54) is 0 Å². The number of hydrogen-bond donors (Lipinski definition) is 1. The number of carbonyl (C=O) groups excluding carboxylic acids is 3. The first-order chi connectivity index (χ1) is 17.5. The SMILES string of the molecule is CCCCCOc1ccc(C(=O)Nc2ccccc2O/C(=C\C(=O)OCCC)C(=O)OCCC)cc1. The number of esters is 2. The summed E-state index contributed by atoms with van der Waals surface area (Å²) >= 11 is 0. The van der Waals surface area contributed by atoms with Crippen molar-refractivity contribution >= 4 is 23.5 Å². The van der Waals surface area contributed by atoms with E-state index < -0.39 is 11.9 Å². The summed E-state index contributed by atoms with van der Waals surface area (Å²) < 4.78 is 21.6. The summed E-state index contributed by atoms with van der Waals surface area (Å²) in [6, 6.07) is 13.4. The van der Waals surface area contributed by atoms with Gasteiger partial charge in [0.2, 0.25) is 5.76 Å². The summed E-state index contributed by atoms with van der Waals surface area (Å²) in [6.45, 7) is 6.85. The average molecular weight is 498 g/mol. The van der Waals surface area contributed by atoms with Crippen molar-refractivity contribution in [3.63, 3.8) is 0 Å². The van der Waals surface area contributed by atoms with Crippen LogP contribution in [-0.4, -0.2) is 37.7 Å². The number of anilines is 1. The second kappa shape index (κ2) is 16.0. The lowest BCUT2D eigenvalue weighted by atomic mass is 10.2. The van der Waals surface area contributed by atoms with Gasteiger partial charge in [-0.1, -0.05) is 45.7 Å². The highest BCUT2D eigenvalue weighted by Gasteiger charge is 2.19. The quantitative estimate of drug-likeness (QED) is 0.146. The molecule has 0 heterocycles. The van der Waals surface area contributed by atoms with Crippen LogP contribution in [0.25, 0.3) is 0 Å². The lowest BCUT2D eigenvalue weighted by Crippen LogP contribution is -2.17. The molecule has 0 saturated heterocycles. The fourth-order valence-corrected chi connectivity index (χ4v) is 2.96. The zero-order valence-corrected chi connectivity index (χ0v) is 21.2. The molecule has 8 heteroatoms. The van der Waals surface area contributed by atoms with Gasteiger partial charge in [0.15, 0.2) is 5.75 Å². The third-order valence-corrected chi connectivity index (χ3v) is 4.82.